The highest BCUT2D eigenvalue weighted by Gasteiger charge is 2.11. The standard InChI is InChI=1S/C14H21N3O2/c1-11-8-12(9-13(19-3)14(11)18)10-15-17-6-4-16(2)5-7-17/h8-10,18H,4-7H2,1-3H3/b15-10+. The van der Waals surface area contributed by atoms with E-state index in [0.717, 1.165) is 37.3 Å². The van der Waals surface area contributed by atoms with Gasteiger partial charge >= 0.3 is 0 Å². The average Bonchev–Trinajstić information content (AvgIpc) is 2.41. The Morgan fingerprint density at radius 2 is 1.95 bits per heavy atom. The number of ether oxygens (including phenoxy) is 1. The minimum absolute atomic E-state index is 0.194. The van der Waals surface area contributed by atoms with Crippen LogP contribution in [0.3, 0.4) is 0 Å². The van der Waals surface area contributed by atoms with Crippen molar-refractivity contribution in [1.29, 1.82) is 0 Å². The summed E-state index contributed by atoms with van der Waals surface area (Å²) in [6, 6.07) is 3.69. The van der Waals surface area contributed by atoms with Crippen molar-refractivity contribution < 1.29 is 9.84 Å². The fourth-order valence-electron chi connectivity index (χ4n) is 2.06. The zero-order valence-corrected chi connectivity index (χ0v) is 11.8. The van der Waals surface area contributed by atoms with Crippen molar-refractivity contribution in [3.05, 3.63) is 23.3 Å². The van der Waals surface area contributed by atoms with Gasteiger partial charge in [0.1, 0.15) is 0 Å². The van der Waals surface area contributed by atoms with E-state index < -0.39 is 0 Å². The molecule has 1 N–H and O–H groups in total. The summed E-state index contributed by atoms with van der Waals surface area (Å²) >= 11 is 0. The lowest BCUT2D eigenvalue weighted by molar-refractivity contribution is 0.159. The number of hydrazone groups is 1. The van der Waals surface area contributed by atoms with Gasteiger partial charge in [0.15, 0.2) is 11.5 Å². The third-order valence-corrected chi connectivity index (χ3v) is 3.36. The molecule has 0 aliphatic carbocycles. The van der Waals surface area contributed by atoms with E-state index in [4.69, 9.17) is 4.74 Å². The van der Waals surface area contributed by atoms with E-state index >= 15 is 0 Å². The van der Waals surface area contributed by atoms with E-state index in [1.165, 1.54) is 0 Å². The number of methoxy groups -OCH3 is 1. The summed E-state index contributed by atoms with van der Waals surface area (Å²) in [5.74, 6) is 0.680. The SMILES string of the molecule is COc1cc(/C=N/N2CCN(C)CC2)cc(C)c1O. The second-order valence-electron chi connectivity index (χ2n) is 4.89. The Morgan fingerprint density at radius 1 is 1.26 bits per heavy atom. The molecule has 5 heteroatoms. The van der Waals surface area contributed by atoms with Crippen molar-refractivity contribution in [2.24, 2.45) is 5.10 Å². The Bertz CT molecular complexity index is 466. The molecule has 1 fully saturated rings. The summed E-state index contributed by atoms with van der Waals surface area (Å²) in [4.78, 5) is 2.29. The van der Waals surface area contributed by atoms with Gasteiger partial charge in [0.25, 0.3) is 0 Å². The molecule has 104 valence electrons. The molecule has 0 amide bonds. The number of hydrogen-bond acceptors (Lipinski definition) is 5. The third-order valence-electron chi connectivity index (χ3n) is 3.36. The summed E-state index contributed by atoms with van der Waals surface area (Å²) in [5.41, 5.74) is 1.73. The van der Waals surface area contributed by atoms with Gasteiger partial charge < -0.3 is 14.7 Å². The van der Waals surface area contributed by atoms with Crippen LogP contribution in [-0.2, 0) is 0 Å². The average molecular weight is 263 g/mol. The molecule has 1 aromatic carbocycles. The summed E-state index contributed by atoms with van der Waals surface area (Å²) in [6.45, 7) is 5.82. The number of phenols is 1. The quantitative estimate of drug-likeness (QED) is 0.835. The maximum absolute atomic E-state index is 9.78. The predicted octanol–water partition coefficient (Wildman–Crippen LogP) is 1.29. The number of benzene rings is 1. The second kappa shape index (κ2) is 5.93. The smallest absolute Gasteiger partial charge is 0.161 e. The van der Waals surface area contributed by atoms with E-state index in [-0.39, 0.29) is 5.75 Å². The number of rotatable bonds is 3. The fourth-order valence-corrected chi connectivity index (χ4v) is 2.06. The fraction of sp³-hybridized carbons (Fsp3) is 0.500. The minimum Gasteiger partial charge on any atom is -0.504 e. The maximum atomic E-state index is 9.78. The summed E-state index contributed by atoms with van der Waals surface area (Å²) in [7, 11) is 3.67. The molecule has 1 saturated heterocycles. The highest BCUT2D eigenvalue weighted by Crippen LogP contribution is 2.30. The van der Waals surface area contributed by atoms with Gasteiger partial charge in [0.2, 0.25) is 0 Å². The lowest BCUT2D eigenvalue weighted by Crippen LogP contribution is -2.41. The van der Waals surface area contributed by atoms with Crippen LogP contribution in [0.2, 0.25) is 0 Å². The molecular formula is C14H21N3O2. The molecule has 0 spiro atoms. The largest absolute Gasteiger partial charge is 0.504 e. The molecule has 1 heterocycles. The number of nitrogens with zero attached hydrogens (tertiary/aromatic N) is 3. The molecule has 1 aliphatic heterocycles. The van der Waals surface area contributed by atoms with Gasteiger partial charge in [0.05, 0.1) is 13.3 Å². The van der Waals surface area contributed by atoms with E-state index in [0.29, 0.717) is 5.75 Å². The van der Waals surface area contributed by atoms with E-state index in [9.17, 15) is 5.11 Å². The van der Waals surface area contributed by atoms with Crippen molar-refractivity contribution in [1.82, 2.24) is 9.91 Å². The summed E-state index contributed by atoms with van der Waals surface area (Å²) in [5, 5.41) is 16.3. The van der Waals surface area contributed by atoms with Crippen LogP contribution in [0.5, 0.6) is 11.5 Å². The Morgan fingerprint density at radius 3 is 2.58 bits per heavy atom. The molecule has 19 heavy (non-hydrogen) atoms. The first-order chi connectivity index (χ1) is 9.10. The summed E-state index contributed by atoms with van der Waals surface area (Å²) in [6.07, 6.45) is 1.82. The van der Waals surface area contributed by atoms with Gasteiger partial charge in [-0.05, 0) is 37.2 Å². The molecule has 0 unspecified atom stereocenters. The number of phenolic OH excluding ortho intramolecular Hbond substituents is 1. The molecule has 1 aromatic rings. The van der Waals surface area contributed by atoms with Crippen LogP contribution >= 0.6 is 0 Å². The zero-order valence-electron chi connectivity index (χ0n) is 11.8. The monoisotopic (exact) mass is 263 g/mol. The van der Waals surface area contributed by atoms with Crippen LogP contribution < -0.4 is 4.74 Å². The van der Waals surface area contributed by atoms with Gasteiger partial charge in [-0.3, -0.25) is 5.01 Å². The van der Waals surface area contributed by atoms with E-state index in [1.807, 2.05) is 19.2 Å². The molecule has 0 saturated carbocycles. The van der Waals surface area contributed by atoms with Crippen LogP contribution in [0.4, 0.5) is 0 Å². The maximum Gasteiger partial charge on any atom is 0.161 e. The molecule has 0 atom stereocenters. The molecular weight excluding hydrogens is 242 g/mol. The van der Waals surface area contributed by atoms with Crippen molar-refractivity contribution in [2.75, 3.05) is 40.3 Å². The molecule has 5 nitrogen and oxygen atoms in total. The topological polar surface area (TPSA) is 48.3 Å². The third kappa shape index (κ3) is 3.38. The van der Waals surface area contributed by atoms with Gasteiger partial charge in [-0.2, -0.15) is 5.10 Å². The predicted molar refractivity (Wildman–Crippen MR) is 76.1 cm³/mol. The van der Waals surface area contributed by atoms with Crippen LogP contribution in [0.25, 0.3) is 0 Å². The first-order valence-corrected chi connectivity index (χ1v) is 6.45. The number of hydrogen-bond donors (Lipinski definition) is 1. The number of piperazine rings is 1. The van der Waals surface area contributed by atoms with Crippen molar-refractivity contribution in [2.45, 2.75) is 6.92 Å². The van der Waals surface area contributed by atoms with Gasteiger partial charge in [-0.15, -0.1) is 0 Å². The first-order valence-electron chi connectivity index (χ1n) is 6.45. The number of aromatic hydroxyl groups is 1. The van der Waals surface area contributed by atoms with Crippen molar-refractivity contribution in [3.63, 3.8) is 0 Å². The molecule has 0 bridgehead atoms. The lowest BCUT2D eigenvalue weighted by atomic mass is 10.1. The van der Waals surface area contributed by atoms with Crippen LogP contribution in [0.1, 0.15) is 11.1 Å². The van der Waals surface area contributed by atoms with Gasteiger partial charge in [-0.25, -0.2) is 0 Å². The van der Waals surface area contributed by atoms with Crippen LogP contribution in [0.15, 0.2) is 17.2 Å². The highest BCUT2D eigenvalue weighted by molar-refractivity contribution is 5.81. The Balaban J connectivity index is 2.08. The van der Waals surface area contributed by atoms with Crippen LogP contribution in [0, 0.1) is 6.92 Å². The second-order valence-corrected chi connectivity index (χ2v) is 4.89. The zero-order chi connectivity index (χ0) is 13.8. The van der Waals surface area contributed by atoms with E-state index in [2.05, 4.69) is 22.1 Å². The Labute approximate surface area is 114 Å². The summed E-state index contributed by atoms with van der Waals surface area (Å²) < 4.78 is 5.14. The molecule has 0 radical (unpaired) electrons. The Hall–Kier alpha value is -1.75. The minimum atomic E-state index is 0.194. The molecule has 1 aliphatic rings. The van der Waals surface area contributed by atoms with Gasteiger partial charge in [0, 0.05) is 26.2 Å². The number of aryl methyl sites for hydroxylation is 1. The Kier molecular flexibility index (Phi) is 4.27. The van der Waals surface area contributed by atoms with Crippen molar-refractivity contribution in [3.8, 4) is 11.5 Å². The molecule has 0 aromatic heterocycles. The van der Waals surface area contributed by atoms with E-state index in [1.54, 1.807) is 13.2 Å². The van der Waals surface area contributed by atoms with Gasteiger partial charge in [-0.1, -0.05) is 0 Å². The first kappa shape index (κ1) is 13.7. The molecule has 2 rings (SSSR count). The van der Waals surface area contributed by atoms with Crippen molar-refractivity contribution >= 4 is 6.21 Å². The normalized spacial score (nSPS) is 17.1. The lowest BCUT2D eigenvalue weighted by Gasteiger charge is -2.30. The van der Waals surface area contributed by atoms with Crippen LogP contribution in [-0.4, -0.2) is 61.6 Å². The number of likely N-dealkylation sites (N-methyl/N-ethyl adjacent to an activating group) is 1. The highest BCUT2D eigenvalue weighted by atomic mass is 16.5.